The fourth-order valence-corrected chi connectivity index (χ4v) is 2.90. The van der Waals surface area contributed by atoms with Crippen LogP contribution in [0.1, 0.15) is 23.6 Å². The second-order valence-electron chi connectivity index (χ2n) is 5.18. The molecule has 0 spiro atoms. The summed E-state index contributed by atoms with van der Waals surface area (Å²) < 4.78 is 0. The van der Waals surface area contributed by atoms with Gasteiger partial charge in [-0.3, -0.25) is 0 Å². The highest BCUT2D eigenvalue weighted by Gasteiger charge is 2.18. The van der Waals surface area contributed by atoms with Crippen LogP contribution in [0.3, 0.4) is 0 Å². The summed E-state index contributed by atoms with van der Waals surface area (Å²) in [6, 6.07) is 15.0. The Labute approximate surface area is 114 Å². The lowest BCUT2D eigenvalue weighted by molar-refractivity contribution is 0.728. The van der Waals surface area contributed by atoms with E-state index in [4.69, 9.17) is 5.73 Å². The van der Waals surface area contributed by atoms with Gasteiger partial charge < -0.3 is 10.6 Å². The van der Waals surface area contributed by atoms with E-state index in [1.165, 1.54) is 22.4 Å². The van der Waals surface area contributed by atoms with Crippen molar-refractivity contribution in [3.8, 4) is 0 Å². The Morgan fingerprint density at radius 1 is 1.11 bits per heavy atom. The van der Waals surface area contributed by atoms with Crippen LogP contribution in [0.25, 0.3) is 0 Å². The maximum absolute atomic E-state index is 5.90. The van der Waals surface area contributed by atoms with Crippen LogP contribution in [-0.2, 0) is 19.4 Å². The molecule has 2 aromatic carbocycles. The average molecular weight is 252 g/mol. The van der Waals surface area contributed by atoms with Gasteiger partial charge in [0.05, 0.1) is 0 Å². The Hall–Kier alpha value is -1.96. The first kappa shape index (κ1) is 12.1. The highest BCUT2D eigenvalue weighted by Crippen LogP contribution is 2.28. The predicted octanol–water partition coefficient (Wildman–Crippen LogP) is 3.39. The van der Waals surface area contributed by atoms with E-state index in [-0.39, 0.29) is 0 Å². The van der Waals surface area contributed by atoms with Gasteiger partial charge in [0.1, 0.15) is 0 Å². The Balaban J connectivity index is 1.93. The number of nitrogen functional groups attached to an aromatic ring is 1. The molecule has 0 fully saturated rings. The van der Waals surface area contributed by atoms with Crippen LogP contribution in [-0.4, -0.2) is 6.54 Å². The van der Waals surface area contributed by atoms with E-state index in [2.05, 4.69) is 48.2 Å². The second-order valence-corrected chi connectivity index (χ2v) is 5.18. The zero-order valence-electron chi connectivity index (χ0n) is 11.4. The smallest absolute Gasteiger partial charge is 0.0433 e. The molecule has 19 heavy (non-hydrogen) atoms. The number of benzene rings is 2. The van der Waals surface area contributed by atoms with Crippen LogP contribution in [0.4, 0.5) is 11.4 Å². The first-order chi connectivity index (χ1) is 9.28. The van der Waals surface area contributed by atoms with Crippen molar-refractivity contribution in [1.29, 1.82) is 0 Å². The van der Waals surface area contributed by atoms with Crippen molar-refractivity contribution >= 4 is 11.4 Å². The predicted molar refractivity (Wildman–Crippen MR) is 81.4 cm³/mol. The topological polar surface area (TPSA) is 29.3 Å². The Morgan fingerprint density at radius 2 is 1.95 bits per heavy atom. The number of nitrogens with two attached hydrogens (primary N) is 1. The molecule has 0 aliphatic carbocycles. The number of hydrogen-bond acceptors (Lipinski definition) is 2. The SMILES string of the molecule is CCc1ccccc1N1CCc2ccc(N)cc2C1. The lowest BCUT2D eigenvalue weighted by Crippen LogP contribution is -2.31. The van der Waals surface area contributed by atoms with Crippen LogP contribution in [0, 0.1) is 0 Å². The van der Waals surface area contributed by atoms with Crippen LogP contribution in [0.15, 0.2) is 42.5 Å². The highest BCUT2D eigenvalue weighted by atomic mass is 15.1. The highest BCUT2D eigenvalue weighted by molar-refractivity contribution is 5.57. The van der Waals surface area contributed by atoms with Crippen molar-refractivity contribution in [2.75, 3.05) is 17.2 Å². The minimum atomic E-state index is 0.865. The summed E-state index contributed by atoms with van der Waals surface area (Å²) in [5.74, 6) is 0. The number of rotatable bonds is 2. The number of fused-ring (bicyclic) bond motifs is 1. The molecule has 0 aromatic heterocycles. The zero-order chi connectivity index (χ0) is 13.2. The molecule has 0 saturated carbocycles. The van der Waals surface area contributed by atoms with Crippen LogP contribution < -0.4 is 10.6 Å². The van der Waals surface area contributed by atoms with Crippen molar-refractivity contribution in [3.05, 3.63) is 59.2 Å². The maximum atomic E-state index is 5.90. The Bertz CT molecular complexity index is 590. The number of nitrogens with zero attached hydrogens (tertiary/aromatic N) is 1. The summed E-state index contributed by atoms with van der Waals surface area (Å²) in [7, 11) is 0. The van der Waals surface area contributed by atoms with Crippen molar-refractivity contribution < 1.29 is 0 Å². The van der Waals surface area contributed by atoms with E-state index < -0.39 is 0 Å². The van der Waals surface area contributed by atoms with Gasteiger partial charge in [-0.25, -0.2) is 0 Å². The van der Waals surface area contributed by atoms with Crippen LogP contribution >= 0.6 is 0 Å². The molecule has 0 bridgehead atoms. The minimum absolute atomic E-state index is 0.865. The number of aryl methyl sites for hydroxylation is 1. The quantitative estimate of drug-likeness (QED) is 0.830. The molecule has 1 aliphatic rings. The van der Waals surface area contributed by atoms with E-state index in [1.54, 1.807) is 0 Å². The molecule has 0 atom stereocenters. The Morgan fingerprint density at radius 3 is 2.79 bits per heavy atom. The lowest BCUT2D eigenvalue weighted by atomic mass is 9.97. The van der Waals surface area contributed by atoms with Crippen molar-refractivity contribution in [2.24, 2.45) is 0 Å². The number of para-hydroxylation sites is 1. The van der Waals surface area contributed by atoms with Crippen LogP contribution in [0.2, 0.25) is 0 Å². The van der Waals surface area contributed by atoms with Crippen molar-refractivity contribution in [3.63, 3.8) is 0 Å². The monoisotopic (exact) mass is 252 g/mol. The minimum Gasteiger partial charge on any atom is -0.399 e. The van der Waals surface area contributed by atoms with Gasteiger partial charge in [0.25, 0.3) is 0 Å². The molecule has 2 heteroatoms. The molecule has 1 heterocycles. The van der Waals surface area contributed by atoms with E-state index in [9.17, 15) is 0 Å². The molecular formula is C17H20N2. The van der Waals surface area contributed by atoms with E-state index >= 15 is 0 Å². The first-order valence-corrected chi connectivity index (χ1v) is 6.98. The third-order valence-electron chi connectivity index (χ3n) is 3.96. The van der Waals surface area contributed by atoms with Crippen molar-refractivity contribution in [2.45, 2.75) is 26.3 Å². The van der Waals surface area contributed by atoms with Gasteiger partial charge >= 0.3 is 0 Å². The summed E-state index contributed by atoms with van der Waals surface area (Å²) in [5.41, 5.74) is 12.4. The molecule has 0 saturated heterocycles. The van der Waals surface area contributed by atoms with Gasteiger partial charge in [0.2, 0.25) is 0 Å². The average Bonchev–Trinajstić information content (AvgIpc) is 2.46. The van der Waals surface area contributed by atoms with Crippen LogP contribution in [0.5, 0.6) is 0 Å². The van der Waals surface area contributed by atoms with Gasteiger partial charge in [-0.15, -0.1) is 0 Å². The largest absolute Gasteiger partial charge is 0.399 e. The molecule has 2 aromatic rings. The molecule has 3 rings (SSSR count). The Kier molecular flexibility index (Phi) is 3.16. The fourth-order valence-electron chi connectivity index (χ4n) is 2.90. The van der Waals surface area contributed by atoms with Gasteiger partial charge in [-0.1, -0.05) is 31.2 Å². The molecule has 2 nitrogen and oxygen atoms in total. The molecule has 98 valence electrons. The van der Waals surface area contributed by atoms with E-state index in [0.29, 0.717) is 0 Å². The first-order valence-electron chi connectivity index (χ1n) is 6.98. The zero-order valence-corrected chi connectivity index (χ0v) is 11.4. The third kappa shape index (κ3) is 2.30. The van der Waals surface area contributed by atoms with Crippen molar-refractivity contribution in [1.82, 2.24) is 0 Å². The molecule has 0 unspecified atom stereocenters. The molecule has 1 aliphatic heterocycles. The number of hydrogen-bond donors (Lipinski definition) is 1. The summed E-state index contributed by atoms with van der Waals surface area (Å²) in [6.45, 7) is 4.28. The van der Waals surface area contributed by atoms with Gasteiger partial charge in [0, 0.05) is 24.5 Å². The normalized spacial score (nSPS) is 14.3. The molecule has 0 amide bonds. The van der Waals surface area contributed by atoms with E-state index in [1.807, 2.05) is 6.07 Å². The number of anilines is 2. The second kappa shape index (κ2) is 4.96. The van der Waals surface area contributed by atoms with Gasteiger partial charge in [-0.2, -0.15) is 0 Å². The standard InChI is InChI=1S/C17H20N2/c1-2-13-5-3-4-6-17(13)19-10-9-14-7-8-16(18)11-15(14)12-19/h3-8,11H,2,9-10,12,18H2,1H3. The summed E-state index contributed by atoms with van der Waals surface area (Å²) in [6.07, 6.45) is 2.18. The fraction of sp³-hybridized carbons (Fsp3) is 0.294. The summed E-state index contributed by atoms with van der Waals surface area (Å²) in [5, 5.41) is 0. The third-order valence-corrected chi connectivity index (χ3v) is 3.96. The molecule has 2 N–H and O–H groups in total. The molecular weight excluding hydrogens is 232 g/mol. The lowest BCUT2D eigenvalue weighted by Gasteiger charge is -2.32. The van der Waals surface area contributed by atoms with E-state index in [0.717, 1.165) is 31.6 Å². The van der Waals surface area contributed by atoms with Gasteiger partial charge in [-0.05, 0) is 47.7 Å². The summed E-state index contributed by atoms with van der Waals surface area (Å²) >= 11 is 0. The maximum Gasteiger partial charge on any atom is 0.0433 e. The van der Waals surface area contributed by atoms with Gasteiger partial charge in [0.15, 0.2) is 0 Å². The molecule has 0 radical (unpaired) electrons. The summed E-state index contributed by atoms with van der Waals surface area (Å²) in [4.78, 5) is 2.47.